The van der Waals surface area contributed by atoms with Crippen LogP contribution in [0, 0.1) is 6.92 Å². The Labute approximate surface area is 114 Å². The van der Waals surface area contributed by atoms with Crippen LogP contribution in [0.5, 0.6) is 0 Å². The lowest BCUT2D eigenvalue weighted by Crippen LogP contribution is -2.29. The second-order valence-electron chi connectivity index (χ2n) is 4.22. The number of aryl methyl sites for hydroxylation is 2. The molecule has 104 valence electrons. The molecule has 0 saturated heterocycles. The van der Waals surface area contributed by atoms with Gasteiger partial charge in [0.15, 0.2) is 0 Å². The Bertz CT molecular complexity index is 317. The van der Waals surface area contributed by atoms with Gasteiger partial charge < -0.3 is 4.90 Å². The third-order valence-electron chi connectivity index (χ3n) is 2.94. The van der Waals surface area contributed by atoms with Crippen LogP contribution in [0.4, 0.5) is 5.69 Å². The average Bonchev–Trinajstić information content (AvgIpc) is 2.43. The molecule has 1 nitrogen and oxygen atoms in total. The summed E-state index contributed by atoms with van der Waals surface area (Å²) in [5.41, 5.74) is 4.41. The lowest BCUT2D eigenvalue weighted by atomic mass is 9.99. The summed E-state index contributed by atoms with van der Waals surface area (Å²) in [5, 5.41) is 0. The molecule has 0 amide bonds. The largest absolute Gasteiger partial charge is 0.371 e. The van der Waals surface area contributed by atoms with Gasteiger partial charge in [0.2, 0.25) is 0 Å². The van der Waals surface area contributed by atoms with Crippen LogP contribution in [0.15, 0.2) is 18.2 Å². The third kappa shape index (κ3) is 4.72. The van der Waals surface area contributed by atoms with E-state index >= 15 is 0 Å². The van der Waals surface area contributed by atoms with Gasteiger partial charge in [-0.1, -0.05) is 52.3 Å². The Morgan fingerprint density at radius 3 is 2.39 bits per heavy atom. The van der Waals surface area contributed by atoms with Crippen LogP contribution in [0.25, 0.3) is 0 Å². The Balaban J connectivity index is 0.000000659. The van der Waals surface area contributed by atoms with Crippen molar-refractivity contribution in [2.24, 2.45) is 0 Å². The van der Waals surface area contributed by atoms with E-state index in [0.717, 1.165) is 0 Å². The highest BCUT2D eigenvalue weighted by Crippen LogP contribution is 2.27. The number of benzene rings is 1. The van der Waals surface area contributed by atoms with Crippen molar-refractivity contribution in [3.63, 3.8) is 0 Å². The minimum atomic E-state index is 1.20. The molecule has 0 atom stereocenters. The highest BCUT2D eigenvalue weighted by molar-refractivity contribution is 5.56. The van der Waals surface area contributed by atoms with Crippen molar-refractivity contribution >= 4 is 5.69 Å². The summed E-state index contributed by atoms with van der Waals surface area (Å²) in [5.74, 6) is 0. The highest BCUT2D eigenvalue weighted by Gasteiger charge is 2.15. The van der Waals surface area contributed by atoms with E-state index in [9.17, 15) is 0 Å². The van der Waals surface area contributed by atoms with E-state index in [-0.39, 0.29) is 0 Å². The summed E-state index contributed by atoms with van der Waals surface area (Å²) in [4.78, 5) is 2.53. The summed E-state index contributed by atoms with van der Waals surface area (Å²) in [6, 6.07) is 6.86. The van der Waals surface area contributed by atoms with E-state index in [2.05, 4.69) is 36.9 Å². The first-order chi connectivity index (χ1) is 8.81. The van der Waals surface area contributed by atoms with Crippen LogP contribution in [-0.2, 0) is 6.42 Å². The number of anilines is 1. The zero-order chi connectivity index (χ0) is 14.0. The van der Waals surface area contributed by atoms with Gasteiger partial charge in [-0.3, -0.25) is 0 Å². The zero-order valence-electron chi connectivity index (χ0n) is 13.2. The van der Waals surface area contributed by atoms with Crippen molar-refractivity contribution in [1.29, 1.82) is 0 Å². The van der Waals surface area contributed by atoms with Crippen LogP contribution in [0.3, 0.4) is 0 Å². The van der Waals surface area contributed by atoms with Crippen molar-refractivity contribution in [1.82, 2.24) is 0 Å². The second kappa shape index (κ2) is 9.99. The van der Waals surface area contributed by atoms with Gasteiger partial charge in [0.05, 0.1) is 0 Å². The maximum atomic E-state index is 2.53. The SMILES string of the molecule is CC.CC.CCCN1CCCc2cc(C)ccc21. The molecule has 1 heteroatoms. The standard InChI is InChI=1S/C13H19N.2C2H6/c1-3-8-14-9-4-5-12-10-11(2)6-7-13(12)14;2*1-2/h6-7,10H,3-5,8-9H2,1-2H3;2*1-2H3. The molecule has 18 heavy (non-hydrogen) atoms. The normalized spacial score (nSPS) is 12.7. The molecule has 0 fully saturated rings. The number of fused-ring (bicyclic) bond motifs is 1. The topological polar surface area (TPSA) is 3.24 Å². The minimum absolute atomic E-state index is 1.20. The van der Waals surface area contributed by atoms with Gasteiger partial charge in [0.25, 0.3) is 0 Å². The van der Waals surface area contributed by atoms with Crippen molar-refractivity contribution in [2.45, 2.75) is 60.8 Å². The molecule has 0 bridgehead atoms. The molecule has 1 aromatic carbocycles. The van der Waals surface area contributed by atoms with Crippen LogP contribution in [0.2, 0.25) is 0 Å². The average molecular weight is 249 g/mol. The van der Waals surface area contributed by atoms with Gasteiger partial charge >= 0.3 is 0 Å². The predicted molar refractivity (Wildman–Crippen MR) is 84.7 cm³/mol. The second-order valence-corrected chi connectivity index (χ2v) is 4.22. The van der Waals surface area contributed by atoms with E-state index in [1.54, 1.807) is 5.56 Å². The Kier molecular flexibility index (Phi) is 9.45. The zero-order valence-corrected chi connectivity index (χ0v) is 13.2. The van der Waals surface area contributed by atoms with E-state index in [1.165, 1.54) is 43.6 Å². The van der Waals surface area contributed by atoms with Crippen molar-refractivity contribution in [3.8, 4) is 0 Å². The molecule has 0 spiro atoms. The number of rotatable bonds is 2. The summed E-state index contributed by atoms with van der Waals surface area (Å²) >= 11 is 0. The van der Waals surface area contributed by atoms with Crippen LogP contribution in [-0.4, -0.2) is 13.1 Å². The molecule has 1 aliphatic heterocycles. The molecule has 0 N–H and O–H groups in total. The molecule has 0 aromatic heterocycles. The molecule has 0 unspecified atom stereocenters. The van der Waals surface area contributed by atoms with Crippen LogP contribution < -0.4 is 4.90 Å². The fraction of sp³-hybridized carbons (Fsp3) is 0.647. The van der Waals surface area contributed by atoms with E-state index in [4.69, 9.17) is 0 Å². The molecule has 0 radical (unpaired) electrons. The van der Waals surface area contributed by atoms with Crippen molar-refractivity contribution in [3.05, 3.63) is 29.3 Å². The van der Waals surface area contributed by atoms with E-state index < -0.39 is 0 Å². The van der Waals surface area contributed by atoms with Gasteiger partial charge in [0, 0.05) is 18.8 Å². The number of hydrogen-bond acceptors (Lipinski definition) is 1. The predicted octanol–water partition coefficient (Wildman–Crippen LogP) is 5.21. The molecular weight excluding hydrogens is 218 g/mol. The van der Waals surface area contributed by atoms with Crippen LogP contribution in [0.1, 0.15) is 58.6 Å². The van der Waals surface area contributed by atoms with Crippen molar-refractivity contribution < 1.29 is 0 Å². The van der Waals surface area contributed by atoms with Crippen molar-refractivity contribution in [2.75, 3.05) is 18.0 Å². The molecule has 1 heterocycles. The van der Waals surface area contributed by atoms with Gasteiger partial charge in [0.1, 0.15) is 0 Å². The molecule has 0 saturated carbocycles. The summed E-state index contributed by atoms with van der Waals surface area (Å²) < 4.78 is 0. The van der Waals surface area contributed by atoms with Gasteiger partial charge in [-0.05, 0) is 37.8 Å². The summed E-state index contributed by atoms with van der Waals surface area (Å²) in [7, 11) is 0. The Hall–Kier alpha value is -0.980. The van der Waals surface area contributed by atoms with E-state index in [1.807, 2.05) is 27.7 Å². The molecular formula is C17H31N. The fourth-order valence-electron chi connectivity index (χ4n) is 2.31. The first-order valence-electron chi connectivity index (χ1n) is 7.65. The monoisotopic (exact) mass is 249 g/mol. The van der Waals surface area contributed by atoms with E-state index in [0.29, 0.717) is 0 Å². The highest BCUT2D eigenvalue weighted by atomic mass is 15.1. The Morgan fingerprint density at radius 2 is 1.78 bits per heavy atom. The van der Waals surface area contributed by atoms with Gasteiger partial charge in [-0.2, -0.15) is 0 Å². The smallest absolute Gasteiger partial charge is 0.0398 e. The third-order valence-corrected chi connectivity index (χ3v) is 2.94. The summed E-state index contributed by atoms with van der Waals surface area (Å²) in [6.07, 6.45) is 3.82. The molecule has 1 aromatic rings. The lowest BCUT2D eigenvalue weighted by Gasteiger charge is -2.31. The number of hydrogen-bond donors (Lipinski definition) is 0. The fourth-order valence-corrected chi connectivity index (χ4v) is 2.31. The first kappa shape index (κ1) is 17.0. The lowest BCUT2D eigenvalue weighted by molar-refractivity contribution is 0.681. The molecule has 1 aliphatic rings. The minimum Gasteiger partial charge on any atom is -0.371 e. The number of nitrogens with zero attached hydrogens (tertiary/aromatic N) is 1. The maximum absolute atomic E-state index is 2.53. The molecule has 2 rings (SSSR count). The Morgan fingerprint density at radius 1 is 1.11 bits per heavy atom. The first-order valence-corrected chi connectivity index (χ1v) is 7.65. The van der Waals surface area contributed by atoms with Gasteiger partial charge in [-0.25, -0.2) is 0 Å². The quantitative estimate of drug-likeness (QED) is 0.695. The molecule has 0 aliphatic carbocycles. The van der Waals surface area contributed by atoms with Gasteiger partial charge in [-0.15, -0.1) is 0 Å². The summed E-state index contributed by atoms with van der Waals surface area (Å²) in [6.45, 7) is 14.9. The van der Waals surface area contributed by atoms with Crippen LogP contribution >= 0.6 is 0 Å². The maximum Gasteiger partial charge on any atom is 0.0398 e.